The number of nitrogens with zero attached hydrogens (tertiary/aromatic N) is 1. The number of hydrogen-bond acceptors (Lipinski definition) is 6. The summed E-state index contributed by atoms with van der Waals surface area (Å²) in [6.45, 7) is 0. The largest absolute Gasteiger partial charge is 0.703 e. The van der Waals surface area contributed by atoms with Crippen molar-refractivity contribution in [3.63, 3.8) is 0 Å². The van der Waals surface area contributed by atoms with Gasteiger partial charge in [-0.3, -0.25) is 5.26 Å². The summed E-state index contributed by atoms with van der Waals surface area (Å²) in [6.07, 6.45) is 0. The van der Waals surface area contributed by atoms with Gasteiger partial charge < -0.3 is 14.8 Å². The highest BCUT2D eigenvalue weighted by Gasteiger charge is 2.17. The van der Waals surface area contributed by atoms with Crippen LogP contribution in [0.4, 0.5) is 5.69 Å². The first kappa shape index (κ1) is 11.8. The van der Waals surface area contributed by atoms with Crippen LogP contribution in [-0.4, -0.2) is 31.7 Å². The van der Waals surface area contributed by atoms with E-state index in [-0.39, 0.29) is 0 Å². The van der Waals surface area contributed by atoms with E-state index >= 15 is 0 Å². The monoisotopic (exact) mass is 213 g/mol. The minimum absolute atomic E-state index is 0.386. The van der Waals surface area contributed by atoms with Gasteiger partial charge in [0.05, 0.1) is 0 Å². The molecular weight excluding hydrogens is 201 g/mol. The summed E-state index contributed by atoms with van der Waals surface area (Å²) < 4.78 is 0. The molecule has 0 unspecified atom stereocenters. The van der Waals surface area contributed by atoms with Gasteiger partial charge in [0.2, 0.25) is 0 Å². The summed E-state index contributed by atoms with van der Waals surface area (Å²) in [6, 6.07) is 6.93. The minimum atomic E-state index is -1.82. The van der Waals surface area contributed by atoms with Crippen molar-refractivity contribution in [3.05, 3.63) is 24.3 Å². The lowest BCUT2D eigenvalue weighted by Crippen LogP contribution is -2.22. The van der Waals surface area contributed by atoms with E-state index in [0.717, 1.165) is 5.69 Å². The van der Waals surface area contributed by atoms with Gasteiger partial charge in [-0.2, -0.15) is 4.81 Å². The minimum Gasteiger partial charge on any atom is -0.398 e. The second kappa shape index (κ2) is 5.57. The topological polar surface area (TPSA) is 71.4 Å². The Morgan fingerprint density at radius 2 is 1.80 bits per heavy atom. The lowest BCUT2D eigenvalue weighted by atomic mass is 10.3. The van der Waals surface area contributed by atoms with Crippen LogP contribution in [0.15, 0.2) is 24.3 Å². The highest BCUT2D eigenvalue weighted by atomic mass is 17.3. The number of benzene rings is 1. The van der Waals surface area contributed by atoms with E-state index in [1.54, 1.807) is 12.1 Å². The van der Waals surface area contributed by atoms with Crippen LogP contribution in [0.2, 0.25) is 0 Å². The van der Waals surface area contributed by atoms with Crippen molar-refractivity contribution in [2.24, 2.45) is 0 Å². The predicted octanol–water partition coefficient (Wildman–Crippen LogP) is 0.530. The van der Waals surface area contributed by atoms with Crippen molar-refractivity contribution in [3.8, 4) is 5.75 Å². The Kier molecular flexibility index (Phi) is 4.38. The Labute approximate surface area is 87.6 Å². The molecule has 0 amide bonds. The molecule has 0 aliphatic carbocycles. The van der Waals surface area contributed by atoms with Crippen molar-refractivity contribution in [1.29, 1.82) is 0 Å². The summed E-state index contributed by atoms with van der Waals surface area (Å²) >= 11 is 0. The lowest BCUT2D eigenvalue weighted by molar-refractivity contribution is -0.229. The average Bonchev–Trinajstić information content (AvgIpc) is 2.26. The third kappa shape index (κ3) is 3.76. The van der Waals surface area contributed by atoms with Crippen molar-refractivity contribution in [2.75, 3.05) is 19.0 Å². The lowest BCUT2D eigenvalue weighted by Gasteiger charge is -2.12. The van der Waals surface area contributed by atoms with Gasteiger partial charge in [-0.25, -0.2) is 4.81 Å². The normalized spacial score (nSPS) is 9.87. The van der Waals surface area contributed by atoms with Crippen LogP contribution in [0.3, 0.4) is 0 Å². The Morgan fingerprint density at radius 3 is 2.27 bits per heavy atom. The molecule has 0 aromatic heterocycles. The quantitative estimate of drug-likeness (QED) is 0.422. The van der Waals surface area contributed by atoms with Crippen molar-refractivity contribution in [1.82, 2.24) is 0 Å². The molecule has 0 aliphatic rings. The molecule has 0 saturated carbocycles. The van der Waals surface area contributed by atoms with Crippen LogP contribution in [-0.2, 0) is 9.61 Å². The fourth-order valence-corrected chi connectivity index (χ4v) is 0.914. The van der Waals surface area contributed by atoms with Gasteiger partial charge in [0, 0.05) is 19.8 Å². The molecule has 1 aromatic carbocycles. The second-order valence-electron chi connectivity index (χ2n) is 2.98. The van der Waals surface area contributed by atoms with Gasteiger partial charge in [0.15, 0.2) is 5.75 Å². The van der Waals surface area contributed by atoms with Gasteiger partial charge in [0.25, 0.3) is 0 Å². The Hall–Kier alpha value is -1.28. The maximum Gasteiger partial charge on any atom is 0.703 e. The van der Waals surface area contributed by atoms with E-state index in [0.29, 0.717) is 5.75 Å². The maximum atomic E-state index is 8.63. The van der Waals surface area contributed by atoms with E-state index in [9.17, 15) is 0 Å². The Bertz CT molecular complexity index is 292. The molecule has 0 aliphatic heterocycles. The number of hydrogen-bond donors (Lipinski definition) is 2. The SMILES string of the molecule is CN(C)c1ccc(OOB(O)OO)cc1. The molecule has 82 valence electrons. The van der Waals surface area contributed by atoms with E-state index in [1.807, 2.05) is 31.1 Å². The van der Waals surface area contributed by atoms with Gasteiger partial charge in [-0.05, 0) is 24.3 Å². The van der Waals surface area contributed by atoms with Crippen LogP contribution in [0.1, 0.15) is 0 Å². The summed E-state index contributed by atoms with van der Waals surface area (Å²) in [5.74, 6) is 0.386. The molecule has 0 saturated heterocycles. The van der Waals surface area contributed by atoms with E-state index in [2.05, 4.69) is 14.5 Å². The molecule has 0 spiro atoms. The molecule has 1 aromatic rings. The Balaban J connectivity index is 2.50. The standard InChI is InChI=1S/C8H12BNO5/c1-10(2)7-3-5-8(6-4-7)13-15-9(11)14-12/h3-6,11-12H,1-2H3. The molecular formula is C8H12BNO5. The van der Waals surface area contributed by atoms with Crippen molar-refractivity contribution in [2.45, 2.75) is 0 Å². The van der Waals surface area contributed by atoms with Crippen LogP contribution in [0, 0.1) is 0 Å². The van der Waals surface area contributed by atoms with Gasteiger partial charge in [0.1, 0.15) is 0 Å². The van der Waals surface area contributed by atoms with Crippen LogP contribution < -0.4 is 9.79 Å². The highest BCUT2D eigenvalue weighted by molar-refractivity contribution is 6.33. The molecule has 1 rings (SSSR count). The van der Waals surface area contributed by atoms with E-state index in [1.165, 1.54) is 0 Å². The number of rotatable bonds is 5. The number of anilines is 1. The fourth-order valence-electron chi connectivity index (χ4n) is 0.914. The molecule has 0 atom stereocenters. The zero-order chi connectivity index (χ0) is 11.3. The van der Waals surface area contributed by atoms with E-state index < -0.39 is 7.32 Å². The molecule has 7 heteroatoms. The first-order chi connectivity index (χ1) is 7.13. The average molecular weight is 213 g/mol. The summed E-state index contributed by atoms with van der Waals surface area (Å²) in [5, 5.41) is 16.6. The zero-order valence-electron chi connectivity index (χ0n) is 8.45. The van der Waals surface area contributed by atoms with Crippen molar-refractivity contribution >= 4 is 13.0 Å². The van der Waals surface area contributed by atoms with Crippen LogP contribution >= 0.6 is 0 Å². The molecule has 6 nitrogen and oxygen atoms in total. The smallest absolute Gasteiger partial charge is 0.398 e. The molecule has 15 heavy (non-hydrogen) atoms. The van der Waals surface area contributed by atoms with Gasteiger partial charge in [-0.15, -0.1) is 0 Å². The zero-order valence-corrected chi connectivity index (χ0v) is 8.45. The Morgan fingerprint density at radius 1 is 1.20 bits per heavy atom. The third-order valence-corrected chi connectivity index (χ3v) is 1.67. The second-order valence-corrected chi connectivity index (χ2v) is 2.98. The first-order valence-electron chi connectivity index (χ1n) is 4.22. The molecule has 0 heterocycles. The molecule has 0 fully saturated rings. The predicted molar refractivity (Wildman–Crippen MR) is 54.2 cm³/mol. The van der Waals surface area contributed by atoms with Gasteiger partial charge >= 0.3 is 7.32 Å². The molecule has 2 N–H and O–H groups in total. The molecule has 0 radical (unpaired) electrons. The highest BCUT2D eigenvalue weighted by Crippen LogP contribution is 2.17. The van der Waals surface area contributed by atoms with Gasteiger partial charge in [-0.1, -0.05) is 0 Å². The summed E-state index contributed by atoms with van der Waals surface area (Å²) in [7, 11) is 2.00. The van der Waals surface area contributed by atoms with Crippen LogP contribution in [0.5, 0.6) is 5.75 Å². The summed E-state index contributed by atoms with van der Waals surface area (Å²) in [5.41, 5.74) is 1.00. The fraction of sp³-hybridized carbons (Fsp3) is 0.250. The van der Waals surface area contributed by atoms with Crippen molar-refractivity contribution < 1.29 is 24.8 Å². The van der Waals surface area contributed by atoms with E-state index in [4.69, 9.17) is 10.3 Å². The maximum absolute atomic E-state index is 8.63. The third-order valence-electron chi connectivity index (χ3n) is 1.67. The molecule has 0 bridgehead atoms. The summed E-state index contributed by atoms with van der Waals surface area (Å²) in [4.78, 5) is 14.2. The first-order valence-corrected chi connectivity index (χ1v) is 4.22. The van der Waals surface area contributed by atoms with Crippen LogP contribution in [0.25, 0.3) is 0 Å².